The predicted octanol–water partition coefficient (Wildman–Crippen LogP) is 2.71. The molecular weight excluding hydrogens is 210 g/mol. The van der Waals surface area contributed by atoms with Gasteiger partial charge in [0.1, 0.15) is 6.33 Å². The second-order valence-corrected chi connectivity index (χ2v) is 4.43. The van der Waals surface area contributed by atoms with E-state index in [4.69, 9.17) is 5.73 Å². The first kappa shape index (κ1) is 11.6. The van der Waals surface area contributed by atoms with Crippen molar-refractivity contribution in [1.82, 2.24) is 9.97 Å². The minimum Gasteiger partial charge on any atom is -0.399 e. The fourth-order valence-electron chi connectivity index (χ4n) is 1.86. The first-order chi connectivity index (χ1) is 8.15. The summed E-state index contributed by atoms with van der Waals surface area (Å²) in [5.74, 6) is 0.389. The van der Waals surface area contributed by atoms with Crippen molar-refractivity contribution in [1.29, 1.82) is 0 Å². The molecule has 0 saturated carbocycles. The van der Waals surface area contributed by atoms with Gasteiger partial charge >= 0.3 is 0 Å². The number of nitrogens with zero attached hydrogens (tertiary/aromatic N) is 2. The maximum Gasteiger partial charge on any atom is 0.115 e. The molecule has 2 aromatic rings. The van der Waals surface area contributed by atoms with Gasteiger partial charge in [-0.25, -0.2) is 9.97 Å². The van der Waals surface area contributed by atoms with Crippen molar-refractivity contribution in [3.63, 3.8) is 0 Å². The standard InChI is InChI=1S/C14H17N3/c1-10(14-8-11(2)16-9-17-14)7-12-3-5-13(15)6-4-12/h3-6,8-10H,7,15H2,1-2H3. The summed E-state index contributed by atoms with van der Waals surface area (Å²) < 4.78 is 0. The molecule has 0 aliphatic carbocycles. The molecule has 17 heavy (non-hydrogen) atoms. The third-order valence-corrected chi connectivity index (χ3v) is 2.85. The van der Waals surface area contributed by atoms with E-state index in [0.29, 0.717) is 5.92 Å². The van der Waals surface area contributed by atoms with Crippen LogP contribution in [-0.4, -0.2) is 9.97 Å². The van der Waals surface area contributed by atoms with Crippen molar-refractivity contribution >= 4 is 5.69 Å². The second kappa shape index (κ2) is 4.95. The minimum atomic E-state index is 0.389. The van der Waals surface area contributed by atoms with Crippen LogP contribution in [0, 0.1) is 6.92 Å². The zero-order valence-electron chi connectivity index (χ0n) is 10.2. The van der Waals surface area contributed by atoms with Crippen molar-refractivity contribution < 1.29 is 0 Å². The highest BCUT2D eigenvalue weighted by Gasteiger charge is 2.08. The van der Waals surface area contributed by atoms with E-state index in [1.54, 1.807) is 6.33 Å². The molecule has 0 amide bonds. The number of anilines is 1. The van der Waals surface area contributed by atoms with Gasteiger partial charge in [0.25, 0.3) is 0 Å². The van der Waals surface area contributed by atoms with Crippen LogP contribution in [0.25, 0.3) is 0 Å². The molecule has 2 N–H and O–H groups in total. The lowest BCUT2D eigenvalue weighted by atomic mass is 9.97. The molecule has 0 fully saturated rings. The largest absolute Gasteiger partial charge is 0.399 e. The lowest BCUT2D eigenvalue weighted by Crippen LogP contribution is -2.02. The van der Waals surface area contributed by atoms with Gasteiger partial charge in [0.15, 0.2) is 0 Å². The zero-order valence-corrected chi connectivity index (χ0v) is 10.2. The Labute approximate surface area is 102 Å². The molecule has 1 unspecified atom stereocenters. The second-order valence-electron chi connectivity index (χ2n) is 4.43. The van der Waals surface area contributed by atoms with Gasteiger partial charge in [0.05, 0.1) is 0 Å². The Kier molecular flexibility index (Phi) is 3.38. The van der Waals surface area contributed by atoms with Crippen LogP contribution in [0.4, 0.5) is 5.69 Å². The normalized spacial score (nSPS) is 12.4. The summed E-state index contributed by atoms with van der Waals surface area (Å²) in [5, 5.41) is 0. The lowest BCUT2D eigenvalue weighted by Gasteiger charge is -2.11. The number of hydrogen-bond acceptors (Lipinski definition) is 3. The van der Waals surface area contributed by atoms with Gasteiger partial charge in [0, 0.05) is 23.0 Å². The van der Waals surface area contributed by atoms with Crippen LogP contribution in [0.3, 0.4) is 0 Å². The molecule has 0 aliphatic rings. The van der Waals surface area contributed by atoms with Crippen LogP contribution in [-0.2, 0) is 6.42 Å². The lowest BCUT2D eigenvalue weighted by molar-refractivity contribution is 0.724. The van der Waals surface area contributed by atoms with E-state index in [1.807, 2.05) is 25.1 Å². The van der Waals surface area contributed by atoms with Gasteiger partial charge < -0.3 is 5.73 Å². The number of hydrogen-bond donors (Lipinski definition) is 1. The summed E-state index contributed by atoms with van der Waals surface area (Å²) in [5.41, 5.74) is 9.86. The third-order valence-electron chi connectivity index (χ3n) is 2.85. The van der Waals surface area contributed by atoms with Crippen LogP contribution >= 0.6 is 0 Å². The molecule has 0 bridgehead atoms. The van der Waals surface area contributed by atoms with Gasteiger partial charge in [0.2, 0.25) is 0 Å². The van der Waals surface area contributed by atoms with E-state index in [1.165, 1.54) is 5.56 Å². The highest BCUT2D eigenvalue weighted by Crippen LogP contribution is 2.19. The van der Waals surface area contributed by atoms with E-state index in [2.05, 4.69) is 29.0 Å². The highest BCUT2D eigenvalue weighted by molar-refractivity contribution is 5.39. The van der Waals surface area contributed by atoms with E-state index in [9.17, 15) is 0 Å². The molecule has 3 heteroatoms. The van der Waals surface area contributed by atoms with Crippen molar-refractivity contribution in [2.75, 3.05) is 5.73 Å². The van der Waals surface area contributed by atoms with Crippen LogP contribution in [0.15, 0.2) is 36.7 Å². The molecule has 0 spiro atoms. The van der Waals surface area contributed by atoms with Crippen LogP contribution < -0.4 is 5.73 Å². The Morgan fingerprint density at radius 3 is 2.53 bits per heavy atom. The summed E-state index contributed by atoms with van der Waals surface area (Å²) in [6.45, 7) is 4.17. The summed E-state index contributed by atoms with van der Waals surface area (Å²) in [4.78, 5) is 8.43. The summed E-state index contributed by atoms with van der Waals surface area (Å²) in [7, 11) is 0. The highest BCUT2D eigenvalue weighted by atomic mass is 14.8. The van der Waals surface area contributed by atoms with Gasteiger partial charge in [-0.05, 0) is 37.1 Å². The Morgan fingerprint density at radius 1 is 1.18 bits per heavy atom. The Bertz CT molecular complexity index is 491. The first-order valence-corrected chi connectivity index (χ1v) is 5.78. The molecule has 1 aromatic carbocycles. The molecule has 88 valence electrons. The van der Waals surface area contributed by atoms with Gasteiger partial charge in [-0.2, -0.15) is 0 Å². The topological polar surface area (TPSA) is 51.8 Å². The van der Waals surface area contributed by atoms with Crippen molar-refractivity contribution in [3.05, 3.63) is 53.6 Å². The molecule has 0 radical (unpaired) electrons. The molecular formula is C14H17N3. The van der Waals surface area contributed by atoms with Crippen LogP contribution in [0.5, 0.6) is 0 Å². The van der Waals surface area contributed by atoms with E-state index in [-0.39, 0.29) is 0 Å². The number of aromatic nitrogens is 2. The smallest absolute Gasteiger partial charge is 0.115 e. The molecule has 2 rings (SSSR count). The molecule has 0 saturated heterocycles. The number of nitrogen functional groups attached to an aromatic ring is 1. The fraction of sp³-hybridized carbons (Fsp3) is 0.286. The molecule has 1 heterocycles. The maximum atomic E-state index is 5.67. The zero-order chi connectivity index (χ0) is 12.3. The Hall–Kier alpha value is -1.90. The van der Waals surface area contributed by atoms with Crippen LogP contribution in [0.2, 0.25) is 0 Å². The molecule has 0 aliphatic heterocycles. The molecule has 3 nitrogen and oxygen atoms in total. The monoisotopic (exact) mass is 227 g/mol. The summed E-state index contributed by atoms with van der Waals surface area (Å²) >= 11 is 0. The number of aryl methyl sites for hydroxylation is 1. The van der Waals surface area contributed by atoms with Gasteiger partial charge in [-0.3, -0.25) is 0 Å². The van der Waals surface area contributed by atoms with Gasteiger partial charge in [-0.15, -0.1) is 0 Å². The third kappa shape index (κ3) is 3.03. The fourth-order valence-corrected chi connectivity index (χ4v) is 1.86. The summed E-state index contributed by atoms with van der Waals surface area (Å²) in [6.07, 6.45) is 2.60. The predicted molar refractivity (Wildman–Crippen MR) is 69.7 cm³/mol. The van der Waals surface area contributed by atoms with Crippen molar-refractivity contribution in [2.45, 2.75) is 26.2 Å². The van der Waals surface area contributed by atoms with Crippen LogP contribution in [0.1, 0.15) is 29.8 Å². The SMILES string of the molecule is Cc1cc(C(C)Cc2ccc(N)cc2)ncn1. The maximum absolute atomic E-state index is 5.67. The first-order valence-electron chi connectivity index (χ1n) is 5.78. The average Bonchev–Trinajstić information content (AvgIpc) is 2.32. The molecule has 1 atom stereocenters. The Balaban J connectivity index is 2.11. The average molecular weight is 227 g/mol. The van der Waals surface area contributed by atoms with Gasteiger partial charge in [-0.1, -0.05) is 19.1 Å². The summed E-state index contributed by atoms with van der Waals surface area (Å²) in [6, 6.07) is 10.1. The number of nitrogens with two attached hydrogens (primary N) is 1. The van der Waals surface area contributed by atoms with Crippen molar-refractivity contribution in [2.24, 2.45) is 0 Å². The Morgan fingerprint density at radius 2 is 1.88 bits per heavy atom. The van der Waals surface area contributed by atoms with Crippen molar-refractivity contribution in [3.8, 4) is 0 Å². The molecule has 1 aromatic heterocycles. The van der Waals surface area contributed by atoms with E-state index < -0.39 is 0 Å². The van der Waals surface area contributed by atoms with E-state index >= 15 is 0 Å². The number of rotatable bonds is 3. The minimum absolute atomic E-state index is 0.389. The quantitative estimate of drug-likeness (QED) is 0.820. The van der Waals surface area contributed by atoms with E-state index in [0.717, 1.165) is 23.5 Å². The number of benzene rings is 1.